The number of hydrogen-bond donors (Lipinski definition) is 1. The maximum atomic E-state index is 13.1. The van der Waals surface area contributed by atoms with Crippen molar-refractivity contribution in [1.29, 1.82) is 0 Å². The first-order valence-electron chi connectivity index (χ1n) is 10.2. The Morgan fingerprint density at radius 2 is 1.86 bits per heavy atom. The highest BCUT2D eigenvalue weighted by atomic mass is 32.2. The number of rotatable bonds is 7. The van der Waals surface area contributed by atoms with Gasteiger partial charge in [-0.3, -0.25) is 9.10 Å². The van der Waals surface area contributed by atoms with E-state index >= 15 is 0 Å². The SMILES string of the molecule is CCN(c1ccccn1)S(=O)(=O)c1ccc(C2(C(=O)O)CC2C2CCCC2)cc1. The van der Waals surface area contributed by atoms with Gasteiger partial charge in [-0.25, -0.2) is 13.4 Å². The van der Waals surface area contributed by atoms with E-state index in [-0.39, 0.29) is 17.4 Å². The summed E-state index contributed by atoms with van der Waals surface area (Å²) in [6, 6.07) is 11.6. The predicted octanol–water partition coefficient (Wildman–Crippen LogP) is 3.83. The van der Waals surface area contributed by atoms with Crippen LogP contribution in [0.2, 0.25) is 0 Å². The molecule has 29 heavy (non-hydrogen) atoms. The summed E-state index contributed by atoms with van der Waals surface area (Å²) in [5, 5.41) is 9.96. The molecule has 2 fully saturated rings. The van der Waals surface area contributed by atoms with Crippen molar-refractivity contribution in [1.82, 2.24) is 4.98 Å². The Hall–Kier alpha value is -2.41. The largest absolute Gasteiger partial charge is 0.481 e. The van der Waals surface area contributed by atoms with E-state index in [0.717, 1.165) is 12.8 Å². The smallest absolute Gasteiger partial charge is 0.314 e. The quantitative estimate of drug-likeness (QED) is 0.744. The van der Waals surface area contributed by atoms with Crippen LogP contribution in [0.3, 0.4) is 0 Å². The van der Waals surface area contributed by atoms with Gasteiger partial charge in [-0.1, -0.05) is 43.9 Å². The number of aliphatic carboxylic acids is 1. The summed E-state index contributed by atoms with van der Waals surface area (Å²) >= 11 is 0. The van der Waals surface area contributed by atoms with Gasteiger partial charge in [0.1, 0.15) is 5.82 Å². The van der Waals surface area contributed by atoms with Crippen molar-refractivity contribution in [3.63, 3.8) is 0 Å². The fourth-order valence-electron chi connectivity index (χ4n) is 4.93. The summed E-state index contributed by atoms with van der Waals surface area (Å²) in [5.41, 5.74) is -0.148. The van der Waals surface area contributed by atoms with Gasteiger partial charge in [0.05, 0.1) is 10.3 Å². The summed E-state index contributed by atoms with van der Waals surface area (Å²) in [7, 11) is -3.77. The van der Waals surface area contributed by atoms with Gasteiger partial charge in [-0.2, -0.15) is 0 Å². The van der Waals surface area contributed by atoms with Gasteiger partial charge >= 0.3 is 5.97 Å². The lowest BCUT2D eigenvalue weighted by molar-refractivity contribution is -0.140. The van der Waals surface area contributed by atoms with E-state index in [1.165, 1.54) is 29.3 Å². The minimum Gasteiger partial charge on any atom is -0.481 e. The first-order chi connectivity index (χ1) is 13.9. The number of pyridine rings is 1. The Bertz CT molecular complexity index is 985. The Balaban J connectivity index is 1.62. The average Bonchev–Trinajstić information content (AvgIpc) is 3.26. The summed E-state index contributed by atoms with van der Waals surface area (Å²) in [4.78, 5) is 16.4. The molecule has 154 valence electrons. The van der Waals surface area contributed by atoms with E-state index in [2.05, 4.69) is 4.98 Å². The molecule has 1 aromatic carbocycles. The second kappa shape index (κ2) is 7.44. The summed E-state index contributed by atoms with van der Waals surface area (Å²) in [5.74, 6) is 0.193. The topological polar surface area (TPSA) is 87.6 Å². The Morgan fingerprint density at radius 3 is 2.41 bits per heavy atom. The lowest BCUT2D eigenvalue weighted by Crippen LogP contribution is -2.31. The number of nitrogens with zero attached hydrogens (tertiary/aromatic N) is 2. The molecule has 6 nitrogen and oxygen atoms in total. The molecule has 2 saturated carbocycles. The first-order valence-corrected chi connectivity index (χ1v) is 11.6. The second-order valence-electron chi connectivity index (χ2n) is 8.01. The van der Waals surface area contributed by atoms with Crippen molar-refractivity contribution in [2.75, 3.05) is 10.8 Å². The average molecular weight is 415 g/mol. The molecule has 7 heteroatoms. The molecule has 1 N–H and O–H groups in total. The van der Waals surface area contributed by atoms with E-state index < -0.39 is 21.4 Å². The number of carbonyl (C=O) groups is 1. The number of sulfonamides is 1. The zero-order chi connectivity index (χ0) is 20.6. The highest BCUT2D eigenvalue weighted by Crippen LogP contribution is 2.61. The highest BCUT2D eigenvalue weighted by Gasteiger charge is 2.63. The third-order valence-corrected chi connectivity index (χ3v) is 8.41. The molecule has 0 saturated heterocycles. The Labute approximate surface area is 171 Å². The van der Waals surface area contributed by atoms with Crippen LogP contribution in [-0.2, 0) is 20.2 Å². The van der Waals surface area contributed by atoms with Crippen LogP contribution < -0.4 is 4.31 Å². The standard InChI is InChI=1S/C22H26N2O4S/c1-2-24(20-9-5-6-14-23-20)29(27,28)18-12-10-17(11-13-18)22(21(25)26)15-19(22)16-7-3-4-8-16/h5-6,9-14,16,19H,2-4,7-8,15H2,1H3,(H,25,26). The maximum Gasteiger partial charge on any atom is 0.314 e. The van der Waals surface area contributed by atoms with Gasteiger partial charge in [-0.15, -0.1) is 0 Å². The van der Waals surface area contributed by atoms with E-state index in [1.807, 2.05) is 0 Å². The van der Waals surface area contributed by atoms with Gasteiger partial charge in [0, 0.05) is 12.7 Å². The molecule has 1 heterocycles. The second-order valence-corrected chi connectivity index (χ2v) is 9.88. The Morgan fingerprint density at radius 1 is 1.17 bits per heavy atom. The van der Waals surface area contributed by atoms with E-state index in [4.69, 9.17) is 0 Å². The molecule has 4 rings (SSSR count). The van der Waals surface area contributed by atoms with Crippen LogP contribution in [-0.4, -0.2) is 31.0 Å². The third kappa shape index (κ3) is 3.31. The van der Waals surface area contributed by atoms with Gasteiger partial charge in [-0.05, 0) is 55.0 Å². The summed E-state index contributed by atoms with van der Waals surface area (Å²) in [6.07, 6.45) is 6.75. The van der Waals surface area contributed by atoms with E-state index in [0.29, 0.717) is 23.7 Å². The molecule has 0 spiro atoms. The fraction of sp³-hybridized carbons (Fsp3) is 0.455. The third-order valence-electron chi connectivity index (χ3n) is 6.51. The van der Waals surface area contributed by atoms with Gasteiger partial charge in [0.15, 0.2) is 0 Å². The fourth-order valence-corrected chi connectivity index (χ4v) is 6.35. The van der Waals surface area contributed by atoms with Crippen LogP contribution in [0.15, 0.2) is 53.6 Å². The maximum absolute atomic E-state index is 13.1. The van der Waals surface area contributed by atoms with Crippen molar-refractivity contribution in [3.8, 4) is 0 Å². The zero-order valence-corrected chi connectivity index (χ0v) is 17.3. The zero-order valence-electron chi connectivity index (χ0n) is 16.5. The van der Waals surface area contributed by atoms with Crippen molar-refractivity contribution >= 4 is 21.8 Å². The van der Waals surface area contributed by atoms with Crippen LogP contribution in [0.1, 0.15) is 44.6 Å². The molecular weight excluding hydrogens is 388 g/mol. The van der Waals surface area contributed by atoms with Crippen molar-refractivity contribution < 1.29 is 18.3 Å². The molecule has 2 aliphatic rings. The van der Waals surface area contributed by atoms with E-state index in [9.17, 15) is 18.3 Å². The van der Waals surface area contributed by atoms with Crippen LogP contribution in [0.4, 0.5) is 5.82 Å². The van der Waals surface area contributed by atoms with Gasteiger partial charge in [0.2, 0.25) is 0 Å². The number of carboxylic acids is 1. The highest BCUT2D eigenvalue weighted by molar-refractivity contribution is 7.92. The monoisotopic (exact) mass is 414 g/mol. The minimum absolute atomic E-state index is 0.146. The number of anilines is 1. The molecule has 0 aliphatic heterocycles. The van der Waals surface area contributed by atoms with Gasteiger partial charge < -0.3 is 5.11 Å². The number of benzene rings is 1. The Kier molecular flexibility index (Phi) is 5.11. The molecule has 2 aliphatic carbocycles. The molecule has 1 aromatic heterocycles. The van der Waals surface area contributed by atoms with Gasteiger partial charge in [0.25, 0.3) is 10.0 Å². The molecular formula is C22H26N2O4S. The van der Waals surface area contributed by atoms with Crippen molar-refractivity contribution in [2.45, 2.75) is 49.3 Å². The molecule has 0 bridgehead atoms. The molecule has 0 radical (unpaired) electrons. The van der Waals surface area contributed by atoms with E-state index in [1.54, 1.807) is 43.5 Å². The first kappa shape index (κ1) is 19.9. The predicted molar refractivity (Wildman–Crippen MR) is 110 cm³/mol. The number of aromatic nitrogens is 1. The summed E-state index contributed by atoms with van der Waals surface area (Å²) < 4.78 is 27.5. The molecule has 0 amide bonds. The van der Waals surface area contributed by atoms with Crippen molar-refractivity contribution in [3.05, 3.63) is 54.2 Å². The lowest BCUT2D eigenvalue weighted by Gasteiger charge is -2.22. The van der Waals surface area contributed by atoms with Crippen LogP contribution >= 0.6 is 0 Å². The number of hydrogen-bond acceptors (Lipinski definition) is 4. The van der Waals surface area contributed by atoms with Crippen molar-refractivity contribution in [2.24, 2.45) is 11.8 Å². The summed E-state index contributed by atoms with van der Waals surface area (Å²) in [6.45, 7) is 2.01. The lowest BCUT2D eigenvalue weighted by atomic mass is 9.87. The molecule has 2 atom stereocenters. The minimum atomic E-state index is -3.77. The molecule has 2 unspecified atom stereocenters. The molecule has 2 aromatic rings. The van der Waals surface area contributed by atoms with Crippen LogP contribution in [0, 0.1) is 11.8 Å². The van der Waals surface area contributed by atoms with Crippen LogP contribution in [0.25, 0.3) is 0 Å². The number of carboxylic acid groups (broad SMARTS) is 1. The van der Waals surface area contributed by atoms with Crippen LogP contribution in [0.5, 0.6) is 0 Å². The normalized spacial score (nSPS) is 24.4.